The second-order valence-electron chi connectivity index (χ2n) is 6.39. The van der Waals surface area contributed by atoms with Gasteiger partial charge in [-0.25, -0.2) is 9.97 Å². The van der Waals surface area contributed by atoms with Crippen LogP contribution in [-0.2, 0) is 12.8 Å². The van der Waals surface area contributed by atoms with E-state index in [-0.39, 0.29) is 5.91 Å². The van der Waals surface area contributed by atoms with Crippen molar-refractivity contribution in [2.45, 2.75) is 36.1 Å². The highest BCUT2D eigenvalue weighted by Gasteiger charge is 2.22. The second-order valence-corrected chi connectivity index (χ2v) is 9.69. The highest BCUT2D eigenvalue weighted by atomic mass is 32.2. The molecule has 0 saturated heterocycles. The Bertz CT molecular complexity index is 1200. The van der Waals surface area contributed by atoms with Crippen molar-refractivity contribution in [3.63, 3.8) is 0 Å². The fourth-order valence-electron chi connectivity index (χ4n) is 3.34. The molecule has 6 nitrogen and oxygen atoms in total. The van der Waals surface area contributed by atoms with Crippen LogP contribution in [0.5, 0.6) is 0 Å². The van der Waals surface area contributed by atoms with Gasteiger partial charge in [-0.3, -0.25) is 10.1 Å². The molecule has 1 N–H and O–H groups in total. The van der Waals surface area contributed by atoms with Crippen LogP contribution < -0.4 is 5.32 Å². The van der Waals surface area contributed by atoms with Crippen molar-refractivity contribution in [1.29, 1.82) is 0 Å². The molecular weight excluding hydrogens is 410 g/mol. The quantitative estimate of drug-likeness (QED) is 0.476. The molecule has 0 aliphatic heterocycles. The summed E-state index contributed by atoms with van der Waals surface area (Å²) in [5.41, 5.74) is 1.98. The van der Waals surface area contributed by atoms with Crippen LogP contribution >= 0.6 is 34.4 Å². The SMILES string of the molecule is Cc1nnc(NC(=O)c2ccccc2Sc2ncnc3sc4c(c23)CCC4)s1. The van der Waals surface area contributed by atoms with E-state index in [9.17, 15) is 4.79 Å². The first-order chi connectivity index (χ1) is 13.7. The van der Waals surface area contributed by atoms with Crippen molar-refractivity contribution >= 4 is 55.7 Å². The second kappa shape index (κ2) is 7.23. The molecule has 1 aliphatic carbocycles. The van der Waals surface area contributed by atoms with E-state index in [1.54, 1.807) is 17.7 Å². The minimum atomic E-state index is -0.194. The number of hydrogen-bond donors (Lipinski definition) is 1. The minimum Gasteiger partial charge on any atom is -0.296 e. The Balaban J connectivity index is 1.50. The molecule has 1 aromatic carbocycles. The number of aromatic nitrogens is 4. The summed E-state index contributed by atoms with van der Waals surface area (Å²) in [6.45, 7) is 1.86. The predicted octanol–water partition coefficient (Wildman–Crippen LogP) is 4.74. The predicted molar refractivity (Wildman–Crippen MR) is 113 cm³/mol. The van der Waals surface area contributed by atoms with E-state index in [1.165, 1.54) is 40.0 Å². The minimum absolute atomic E-state index is 0.194. The number of nitrogens with zero attached hydrogens (tertiary/aromatic N) is 4. The van der Waals surface area contributed by atoms with E-state index >= 15 is 0 Å². The summed E-state index contributed by atoms with van der Waals surface area (Å²) >= 11 is 4.65. The van der Waals surface area contributed by atoms with Gasteiger partial charge >= 0.3 is 0 Å². The Morgan fingerprint density at radius 3 is 2.89 bits per heavy atom. The Morgan fingerprint density at radius 1 is 1.14 bits per heavy atom. The number of thiophene rings is 1. The molecule has 1 amide bonds. The molecule has 1 aliphatic rings. The molecule has 0 unspecified atom stereocenters. The van der Waals surface area contributed by atoms with Crippen molar-refractivity contribution in [2.24, 2.45) is 0 Å². The van der Waals surface area contributed by atoms with Crippen LogP contribution in [0.2, 0.25) is 0 Å². The van der Waals surface area contributed by atoms with Crippen LogP contribution in [0.15, 0.2) is 40.5 Å². The van der Waals surface area contributed by atoms with Crippen molar-refractivity contribution in [2.75, 3.05) is 5.32 Å². The van der Waals surface area contributed by atoms with Gasteiger partial charge in [-0.1, -0.05) is 35.2 Å². The van der Waals surface area contributed by atoms with Crippen LogP contribution in [-0.4, -0.2) is 26.1 Å². The first-order valence-electron chi connectivity index (χ1n) is 8.82. The number of carbonyl (C=O) groups is 1. The summed E-state index contributed by atoms with van der Waals surface area (Å²) in [5, 5.41) is 14.1. The highest BCUT2D eigenvalue weighted by Crippen LogP contribution is 2.42. The molecule has 0 atom stereocenters. The molecule has 0 fully saturated rings. The summed E-state index contributed by atoms with van der Waals surface area (Å²) in [7, 11) is 0. The maximum atomic E-state index is 12.8. The van der Waals surface area contributed by atoms with E-state index < -0.39 is 0 Å². The molecule has 0 saturated carbocycles. The Kier molecular flexibility index (Phi) is 4.58. The molecule has 140 valence electrons. The van der Waals surface area contributed by atoms with Gasteiger partial charge in [0, 0.05) is 15.2 Å². The molecule has 28 heavy (non-hydrogen) atoms. The van der Waals surface area contributed by atoms with Crippen molar-refractivity contribution in [3.05, 3.63) is 51.6 Å². The van der Waals surface area contributed by atoms with Gasteiger partial charge in [0.25, 0.3) is 5.91 Å². The topological polar surface area (TPSA) is 80.7 Å². The number of carbonyl (C=O) groups excluding carboxylic acids is 1. The average Bonchev–Trinajstić information content (AvgIpc) is 3.38. The van der Waals surface area contributed by atoms with E-state index in [0.717, 1.165) is 38.0 Å². The first kappa shape index (κ1) is 17.7. The number of benzene rings is 1. The lowest BCUT2D eigenvalue weighted by atomic mass is 10.2. The third-order valence-corrected chi connectivity index (χ3v) is 7.58. The molecular formula is C19H15N5OS3. The van der Waals surface area contributed by atoms with Crippen LogP contribution in [0.4, 0.5) is 5.13 Å². The summed E-state index contributed by atoms with van der Waals surface area (Å²) in [6.07, 6.45) is 5.01. The zero-order chi connectivity index (χ0) is 19.1. The Morgan fingerprint density at radius 2 is 2.04 bits per heavy atom. The normalized spacial score (nSPS) is 13.0. The van der Waals surface area contributed by atoms with Crippen LogP contribution in [0.3, 0.4) is 0 Å². The Labute approximate surface area is 173 Å². The zero-order valence-corrected chi connectivity index (χ0v) is 17.4. The fraction of sp³-hybridized carbons (Fsp3) is 0.211. The molecule has 3 heterocycles. The molecule has 3 aromatic heterocycles. The molecule has 0 spiro atoms. The lowest BCUT2D eigenvalue weighted by Crippen LogP contribution is -2.12. The Hall–Kier alpha value is -2.36. The van der Waals surface area contributed by atoms with E-state index in [1.807, 2.05) is 31.2 Å². The summed E-state index contributed by atoms with van der Waals surface area (Å²) < 4.78 is 0. The number of anilines is 1. The number of hydrogen-bond acceptors (Lipinski definition) is 8. The van der Waals surface area contributed by atoms with Crippen molar-refractivity contribution in [3.8, 4) is 0 Å². The average molecular weight is 426 g/mol. The fourth-order valence-corrected chi connectivity index (χ4v) is 6.26. The van der Waals surface area contributed by atoms with Gasteiger partial charge < -0.3 is 0 Å². The van der Waals surface area contributed by atoms with Gasteiger partial charge in [0.05, 0.1) is 5.56 Å². The third-order valence-electron chi connectivity index (χ3n) is 4.55. The van der Waals surface area contributed by atoms with Crippen molar-refractivity contribution < 1.29 is 4.79 Å². The summed E-state index contributed by atoms with van der Waals surface area (Å²) in [5.74, 6) is -0.194. The number of fused-ring (bicyclic) bond motifs is 3. The maximum Gasteiger partial charge on any atom is 0.258 e. The van der Waals surface area contributed by atoms with Gasteiger partial charge in [-0.2, -0.15) is 0 Å². The number of nitrogens with one attached hydrogen (secondary N) is 1. The molecule has 9 heteroatoms. The van der Waals surface area contributed by atoms with Gasteiger partial charge in [0.1, 0.15) is 21.2 Å². The standard InChI is InChI=1S/C19H15N5OS3/c1-10-23-24-19(26-10)22-16(25)12-5-2-3-7-14(12)28-18-15-11-6-4-8-13(11)27-17(15)20-9-21-18/h2-3,5,7,9H,4,6,8H2,1H3,(H,22,24,25). The van der Waals surface area contributed by atoms with Gasteiger partial charge in [0.15, 0.2) is 0 Å². The van der Waals surface area contributed by atoms with Gasteiger partial charge in [0.2, 0.25) is 5.13 Å². The van der Waals surface area contributed by atoms with E-state index in [4.69, 9.17) is 0 Å². The lowest BCUT2D eigenvalue weighted by molar-refractivity contribution is 0.102. The number of aryl methyl sites for hydroxylation is 3. The van der Waals surface area contributed by atoms with E-state index in [0.29, 0.717) is 10.7 Å². The monoisotopic (exact) mass is 425 g/mol. The number of rotatable bonds is 4. The van der Waals surface area contributed by atoms with Gasteiger partial charge in [-0.15, -0.1) is 21.5 Å². The molecule has 4 aromatic rings. The van der Waals surface area contributed by atoms with Gasteiger partial charge in [-0.05, 0) is 43.9 Å². The zero-order valence-electron chi connectivity index (χ0n) is 14.9. The summed E-state index contributed by atoms with van der Waals surface area (Å²) in [4.78, 5) is 25.2. The third kappa shape index (κ3) is 3.19. The van der Waals surface area contributed by atoms with Crippen LogP contribution in [0, 0.1) is 6.92 Å². The van der Waals surface area contributed by atoms with Crippen molar-refractivity contribution in [1.82, 2.24) is 20.2 Å². The van der Waals surface area contributed by atoms with Crippen LogP contribution in [0.25, 0.3) is 10.2 Å². The largest absolute Gasteiger partial charge is 0.296 e. The lowest BCUT2D eigenvalue weighted by Gasteiger charge is -2.09. The van der Waals surface area contributed by atoms with E-state index in [2.05, 4.69) is 25.5 Å². The molecule has 0 bridgehead atoms. The first-order valence-corrected chi connectivity index (χ1v) is 11.3. The molecule has 5 rings (SSSR count). The highest BCUT2D eigenvalue weighted by molar-refractivity contribution is 7.99. The maximum absolute atomic E-state index is 12.8. The summed E-state index contributed by atoms with van der Waals surface area (Å²) in [6, 6.07) is 7.57. The smallest absolute Gasteiger partial charge is 0.258 e. The number of amides is 1. The van der Waals surface area contributed by atoms with Crippen LogP contribution in [0.1, 0.15) is 32.2 Å². The molecule has 0 radical (unpaired) electrons.